The number of hydrogen-bond acceptors (Lipinski definition) is 6. The molecule has 1 fully saturated rings. The molecule has 0 bridgehead atoms. The average molecular weight is 404 g/mol. The van der Waals surface area contributed by atoms with E-state index in [2.05, 4.69) is 19.9 Å². The second-order valence-corrected chi connectivity index (χ2v) is 7.35. The molecule has 6 nitrogen and oxygen atoms in total. The Morgan fingerprint density at radius 1 is 1.34 bits per heavy atom. The summed E-state index contributed by atoms with van der Waals surface area (Å²) in [6.07, 6.45) is -1.39. The number of aliphatic hydroxyl groups is 1. The van der Waals surface area contributed by atoms with Gasteiger partial charge in [-0.3, -0.25) is 0 Å². The van der Waals surface area contributed by atoms with Gasteiger partial charge in [-0.25, -0.2) is 4.98 Å². The minimum absolute atomic E-state index is 0.0658. The largest absolute Gasteiger partial charge is 0.433 e. The van der Waals surface area contributed by atoms with Crippen molar-refractivity contribution in [1.82, 2.24) is 4.98 Å². The van der Waals surface area contributed by atoms with Crippen molar-refractivity contribution in [1.29, 1.82) is 5.41 Å². The highest BCUT2D eigenvalue weighted by atomic mass is 19.3. The Kier molecular flexibility index (Phi) is 6.02. The first-order valence-corrected chi connectivity index (χ1v) is 9.61. The molecule has 156 valence electrons. The molecule has 1 aliphatic rings. The van der Waals surface area contributed by atoms with Gasteiger partial charge in [-0.1, -0.05) is 6.92 Å². The highest BCUT2D eigenvalue weighted by Gasteiger charge is 2.32. The molecule has 3 N–H and O–H groups in total. The van der Waals surface area contributed by atoms with Crippen molar-refractivity contribution < 1.29 is 18.6 Å². The lowest BCUT2D eigenvalue weighted by Crippen LogP contribution is -2.51. The van der Waals surface area contributed by atoms with E-state index in [-0.39, 0.29) is 17.8 Å². The number of benzene rings is 1. The topological polar surface area (TPSA) is 81.5 Å². The molecule has 0 aliphatic carbocycles. The van der Waals surface area contributed by atoms with Crippen LogP contribution in [0.5, 0.6) is 5.75 Å². The van der Waals surface area contributed by atoms with Gasteiger partial charge in [0.25, 0.3) is 0 Å². The standard InChI is InChI=1S/C21H26F2N4O2/c1-4-17(24)19-18(27-11-14(12-27)13(2)28)9-10-25-20(19)26-15-5-7-16(8-6-15)29-21(3,22)23/h5-10,13-14,24,28H,4,11-12H2,1-3H3,(H,25,26). The maximum Gasteiger partial charge on any atom is 0.394 e. The van der Waals surface area contributed by atoms with Crippen LogP contribution in [0.15, 0.2) is 36.5 Å². The maximum atomic E-state index is 13.0. The van der Waals surface area contributed by atoms with Crippen LogP contribution in [0.4, 0.5) is 26.0 Å². The van der Waals surface area contributed by atoms with Gasteiger partial charge in [0.15, 0.2) is 0 Å². The molecule has 1 aliphatic heterocycles. The molecule has 1 atom stereocenters. The summed E-state index contributed by atoms with van der Waals surface area (Å²) in [5.74, 6) is 0.813. The van der Waals surface area contributed by atoms with Crippen LogP contribution >= 0.6 is 0 Å². The third-order valence-electron chi connectivity index (χ3n) is 4.93. The van der Waals surface area contributed by atoms with E-state index in [1.54, 1.807) is 25.3 Å². The molecule has 0 saturated carbocycles. The number of alkyl halides is 2. The van der Waals surface area contributed by atoms with Gasteiger partial charge < -0.3 is 25.5 Å². The number of aliphatic hydroxyl groups excluding tert-OH is 1. The summed E-state index contributed by atoms with van der Waals surface area (Å²) >= 11 is 0. The van der Waals surface area contributed by atoms with Crippen LogP contribution in [0.2, 0.25) is 0 Å². The van der Waals surface area contributed by atoms with Gasteiger partial charge in [0.05, 0.1) is 17.4 Å². The van der Waals surface area contributed by atoms with Crippen LogP contribution in [0.1, 0.15) is 32.8 Å². The first-order valence-electron chi connectivity index (χ1n) is 9.61. The third kappa shape index (κ3) is 5.00. The molecule has 0 radical (unpaired) electrons. The highest BCUT2D eigenvalue weighted by molar-refractivity contribution is 6.07. The monoisotopic (exact) mass is 404 g/mol. The van der Waals surface area contributed by atoms with Crippen LogP contribution < -0.4 is 15.0 Å². The average Bonchev–Trinajstić information content (AvgIpc) is 2.60. The van der Waals surface area contributed by atoms with Gasteiger partial charge in [-0.2, -0.15) is 8.78 Å². The summed E-state index contributed by atoms with van der Waals surface area (Å²) in [5, 5.41) is 21.4. The minimum Gasteiger partial charge on any atom is -0.433 e. The van der Waals surface area contributed by atoms with E-state index in [1.807, 2.05) is 13.0 Å². The fraction of sp³-hybridized carbons (Fsp3) is 0.429. The Bertz CT molecular complexity index is 860. The van der Waals surface area contributed by atoms with Crippen molar-refractivity contribution in [2.24, 2.45) is 5.92 Å². The number of aromatic nitrogens is 1. The van der Waals surface area contributed by atoms with Crippen molar-refractivity contribution in [3.8, 4) is 5.75 Å². The molecular formula is C21H26F2N4O2. The Balaban J connectivity index is 1.84. The van der Waals surface area contributed by atoms with Gasteiger partial charge >= 0.3 is 6.11 Å². The normalized spacial score (nSPS) is 15.6. The number of nitrogens with zero attached hydrogens (tertiary/aromatic N) is 2. The van der Waals surface area contributed by atoms with E-state index in [9.17, 15) is 13.9 Å². The van der Waals surface area contributed by atoms with E-state index < -0.39 is 6.11 Å². The number of pyridine rings is 1. The van der Waals surface area contributed by atoms with Crippen LogP contribution in [-0.2, 0) is 0 Å². The van der Waals surface area contributed by atoms with Crippen molar-refractivity contribution in [2.75, 3.05) is 23.3 Å². The zero-order valence-electron chi connectivity index (χ0n) is 16.7. The Hall–Kier alpha value is -2.74. The van der Waals surface area contributed by atoms with E-state index >= 15 is 0 Å². The van der Waals surface area contributed by atoms with Gasteiger partial charge in [0.1, 0.15) is 11.6 Å². The number of anilines is 3. The number of ether oxygens (including phenoxy) is 1. The summed E-state index contributed by atoms with van der Waals surface area (Å²) < 4.78 is 30.5. The van der Waals surface area contributed by atoms with Gasteiger partial charge in [-0.05, 0) is 43.7 Å². The highest BCUT2D eigenvalue weighted by Crippen LogP contribution is 2.34. The Labute approximate surface area is 169 Å². The molecule has 1 aromatic heterocycles. The number of hydrogen-bond donors (Lipinski definition) is 3. The SMILES string of the molecule is CCC(=N)c1c(N2CC(C(C)O)C2)ccnc1Nc1ccc(OC(C)(F)F)cc1. The van der Waals surface area contributed by atoms with E-state index in [4.69, 9.17) is 5.41 Å². The van der Waals surface area contributed by atoms with E-state index in [0.717, 1.165) is 18.8 Å². The van der Waals surface area contributed by atoms with E-state index in [0.29, 0.717) is 36.1 Å². The summed E-state index contributed by atoms with van der Waals surface area (Å²) in [6.45, 7) is 5.84. The molecule has 1 saturated heterocycles. The van der Waals surface area contributed by atoms with Crippen LogP contribution in [0, 0.1) is 11.3 Å². The fourth-order valence-corrected chi connectivity index (χ4v) is 3.25. The quantitative estimate of drug-likeness (QED) is 0.568. The molecule has 1 aromatic carbocycles. The fourth-order valence-electron chi connectivity index (χ4n) is 3.25. The van der Waals surface area contributed by atoms with Gasteiger partial charge in [-0.15, -0.1) is 0 Å². The first-order chi connectivity index (χ1) is 13.7. The molecule has 0 amide bonds. The number of halogens is 2. The molecule has 29 heavy (non-hydrogen) atoms. The van der Waals surface area contributed by atoms with Crippen molar-refractivity contribution in [3.05, 3.63) is 42.1 Å². The lowest BCUT2D eigenvalue weighted by molar-refractivity contribution is -0.158. The lowest BCUT2D eigenvalue weighted by Gasteiger charge is -2.43. The number of rotatable bonds is 8. The zero-order valence-corrected chi connectivity index (χ0v) is 16.7. The van der Waals surface area contributed by atoms with Crippen molar-refractivity contribution in [3.63, 3.8) is 0 Å². The van der Waals surface area contributed by atoms with Crippen molar-refractivity contribution in [2.45, 2.75) is 39.4 Å². The molecule has 2 aromatic rings. The zero-order chi connectivity index (χ0) is 21.2. The minimum atomic E-state index is -3.24. The lowest BCUT2D eigenvalue weighted by atomic mass is 9.92. The predicted octanol–water partition coefficient (Wildman–Crippen LogP) is 4.41. The summed E-state index contributed by atoms with van der Waals surface area (Å²) in [6, 6.07) is 8.04. The van der Waals surface area contributed by atoms with E-state index in [1.165, 1.54) is 12.1 Å². The first kappa shape index (κ1) is 21.0. The molecule has 8 heteroatoms. The molecule has 3 rings (SSSR count). The summed E-state index contributed by atoms with van der Waals surface area (Å²) in [4.78, 5) is 6.53. The molecule has 0 spiro atoms. The summed E-state index contributed by atoms with van der Waals surface area (Å²) in [7, 11) is 0. The Morgan fingerprint density at radius 2 is 2.00 bits per heavy atom. The molecule has 1 unspecified atom stereocenters. The molecule has 2 heterocycles. The third-order valence-corrected chi connectivity index (χ3v) is 4.93. The second kappa shape index (κ2) is 8.32. The van der Waals surface area contributed by atoms with Gasteiger partial charge in [0.2, 0.25) is 0 Å². The maximum absolute atomic E-state index is 13.0. The van der Waals surface area contributed by atoms with Crippen LogP contribution in [0.3, 0.4) is 0 Å². The second-order valence-electron chi connectivity index (χ2n) is 7.35. The van der Waals surface area contributed by atoms with Crippen LogP contribution in [0.25, 0.3) is 0 Å². The summed E-state index contributed by atoms with van der Waals surface area (Å²) in [5.41, 5.74) is 2.70. The van der Waals surface area contributed by atoms with Crippen molar-refractivity contribution >= 4 is 22.9 Å². The predicted molar refractivity (Wildman–Crippen MR) is 110 cm³/mol. The van der Waals surface area contributed by atoms with Gasteiger partial charge in [0, 0.05) is 43.5 Å². The smallest absolute Gasteiger partial charge is 0.394 e. The Morgan fingerprint density at radius 3 is 2.55 bits per heavy atom. The molecular weight excluding hydrogens is 378 g/mol. The van der Waals surface area contributed by atoms with Crippen LogP contribution in [-0.4, -0.2) is 41.1 Å². The number of nitrogens with one attached hydrogen (secondary N) is 2.